The number of benzene rings is 2. The monoisotopic (exact) mass is 571 g/mol. The number of halogens is 4. The normalized spacial score (nSPS) is 14.5. The molecule has 1 saturated heterocycles. The molecule has 1 N–H and O–H groups in total. The van der Waals surface area contributed by atoms with Crippen LogP contribution >= 0.6 is 11.6 Å². The Bertz CT molecular complexity index is 1460. The van der Waals surface area contributed by atoms with E-state index < -0.39 is 6.36 Å². The van der Waals surface area contributed by atoms with Gasteiger partial charge in [-0.15, -0.1) is 13.2 Å². The van der Waals surface area contributed by atoms with Gasteiger partial charge in [-0.2, -0.15) is 0 Å². The Morgan fingerprint density at radius 3 is 2.33 bits per heavy atom. The molecule has 0 aliphatic carbocycles. The van der Waals surface area contributed by atoms with Gasteiger partial charge in [0.05, 0.1) is 5.69 Å². The number of nitrogens with one attached hydrogen (secondary N) is 1. The molecule has 0 saturated carbocycles. The van der Waals surface area contributed by atoms with Crippen LogP contribution in [-0.2, 0) is 19.5 Å². The number of hydrogen-bond acceptors (Lipinski definition) is 5. The number of nitrogens with zero attached hydrogens (tertiary/aromatic N) is 4. The van der Waals surface area contributed by atoms with E-state index in [4.69, 9.17) is 11.6 Å². The van der Waals surface area contributed by atoms with Gasteiger partial charge in [0.1, 0.15) is 17.1 Å². The lowest BCUT2D eigenvalue weighted by molar-refractivity contribution is -0.274. The van der Waals surface area contributed by atoms with Crippen molar-refractivity contribution in [2.75, 3.05) is 31.1 Å². The average Bonchev–Trinajstić information content (AvgIpc) is 3.30. The van der Waals surface area contributed by atoms with Crippen molar-refractivity contribution in [3.05, 3.63) is 94.4 Å². The van der Waals surface area contributed by atoms with E-state index in [9.17, 15) is 18.0 Å². The Morgan fingerprint density at radius 1 is 1.00 bits per heavy atom. The number of rotatable bonds is 8. The zero-order valence-electron chi connectivity index (χ0n) is 21.9. The zero-order chi connectivity index (χ0) is 28.3. The molecule has 0 unspecified atom stereocenters. The van der Waals surface area contributed by atoms with Crippen molar-refractivity contribution in [3.8, 4) is 5.75 Å². The topological polar surface area (TPSA) is 62.1 Å². The molecular weight excluding hydrogens is 543 g/mol. The molecule has 0 radical (unpaired) electrons. The number of aryl methyl sites for hydroxylation is 1. The summed E-state index contributed by atoms with van der Waals surface area (Å²) < 4.78 is 42.8. The van der Waals surface area contributed by atoms with E-state index in [0.717, 1.165) is 48.7 Å². The summed E-state index contributed by atoms with van der Waals surface area (Å²) >= 11 is 6.08. The second kappa shape index (κ2) is 11.8. The number of carbonyl (C=O) groups excluding carboxylic acids is 1. The summed E-state index contributed by atoms with van der Waals surface area (Å²) in [6.07, 6.45) is -2.29. The highest BCUT2D eigenvalue weighted by Crippen LogP contribution is 2.24. The third kappa shape index (κ3) is 6.68. The quantitative estimate of drug-likeness (QED) is 0.294. The lowest BCUT2D eigenvalue weighted by Gasteiger charge is -2.36. The number of ether oxygens (including phenoxy) is 1. The summed E-state index contributed by atoms with van der Waals surface area (Å²) in [6.45, 7) is 6.37. The first-order valence-electron chi connectivity index (χ1n) is 13.0. The highest BCUT2D eigenvalue weighted by atomic mass is 35.5. The number of amides is 1. The van der Waals surface area contributed by atoms with Crippen LogP contribution in [0.4, 0.5) is 18.9 Å². The largest absolute Gasteiger partial charge is 0.573 e. The Morgan fingerprint density at radius 2 is 1.68 bits per heavy atom. The van der Waals surface area contributed by atoms with Crippen LogP contribution < -0.4 is 15.0 Å². The Balaban J connectivity index is 1.12. The number of fused-ring (bicyclic) bond motifs is 1. The van der Waals surface area contributed by atoms with Gasteiger partial charge in [-0.3, -0.25) is 14.1 Å². The van der Waals surface area contributed by atoms with E-state index in [2.05, 4.69) is 37.0 Å². The van der Waals surface area contributed by atoms with Crippen LogP contribution in [0.5, 0.6) is 5.75 Å². The molecule has 1 aliphatic rings. The molecule has 0 atom stereocenters. The lowest BCUT2D eigenvalue weighted by atomic mass is 10.1. The maximum atomic E-state index is 13.0. The van der Waals surface area contributed by atoms with Crippen molar-refractivity contribution in [3.63, 3.8) is 0 Å². The van der Waals surface area contributed by atoms with Crippen LogP contribution in [0.15, 0.2) is 66.9 Å². The highest BCUT2D eigenvalue weighted by molar-refractivity contribution is 6.30. The van der Waals surface area contributed by atoms with Crippen molar-refractivity contribution >= 4 is 28.8 Å². The summed E-state index contributed by atoms with van der Waals surface area (Å²) in [5.41, 5.74) is 4.93. The molecule has 0 bridgehead atoms. The van der Waals surface area contributed by atoms with Crippen molar-refractivity contribution < 1.29 is 22.7 Å². The molecule has 1 amide bonds. The van der Waals surface area contributed by atoms with E-state index >= 15 is 0 Å². The standard InChI is InChI=1S/C29H29ClF3N5O2/c1-2-25-27(38-12-11-22(30)17-26(38)35-25)28(39)34-18-20-3-7-23(8-4-20)37-15-13-36(14-16-37)19-21-5-9-24(10-6-21)40-29(31,32)33/h3-12,17H,2,13-16,18-19H2,1H3,(H,34,39). The van der Waals surface area contributed by atoms with E-state index in [1.807, 2.05) is 19.1 Å². The SMILES string of the molecule is CCc1nc2cc(Cl)ccn2c1C(=O)NCc1ccc(N2CCN(Cc3ccc(OC(F)(F)F)cc3)CC2)cc1. The lowest BCUT2D eigenvalue weighted by Crippen LogP contribution is -2.45. The summed E-state index contributed by atoms with van der Waals surface area (Å²) in [6, 6.07) is 17.7. The first kappa shape index (κ1) is 27.8. The van der Waals surface area contributed by atoms with Crippen LogP contribution in [0.3, 0.4) is 0 Å². The van der Waals surface area contributed by atoms with E-state index in [0.29, 0.717) is 35.9 Å². The first-order chi connectivity index (χ1) is 19.2. The van der Waals surface area contributed by atoms with Crippen LogP contribution in [0.25, 0.3) is 5.65 Å². The average molecular weight is 572 g/mol. The number of carbonyl (C=O) groups is 1. The van der Waals surface area contributed by atoms with Crippen LogP contribution in [0, 0.1) is 0 Å². The minimum absolute atomic E-state index is 0.186. The summed E-state index contributed by atoms with van der Waals surface area (Å²) in [5.74, 6) is -0.398. The van der Waals surface area contributed by atoms with E-state index in [1.54, 1.807) is 34.9 Å². The van der Waals surface area contributed by atoms with E-state index in [1.165, 1.54) is 12.1 Å². The summed E-state index contributed by atoms with van der Waals surface area (Å²) in [5, 5.41) is 3.58. The summed E-state index contributed by atoms with van der Waals surface area (Å²) in [7, 11) is 0. The van der Waals surface area contributed by atoms with Gasteiger partial charge < -0.3 is 15.0 Å². The molecule has 2 aromatic heterocycles. The smallest absolute Gasteiger partial charge is 0.406 e. The first-order valence-corrected chi connectivity index (χ1v) is 13.4. The minimum atomic E-state index is -4.69. The molecule has 40 heavy (non-hydrogen) atoms. The molecule has 3 heterocycles. The number of alkyl halides is 3. The third-order valence-corrected chi connectivity index (χ3v) is 7.14. The zero-order valence-corrected chi connectivity index (χ0v) is 22.7. The Kier molecular flexibility index (Phi) is 8.18. The number of anilines is 1. The molecule has 1 aliphatic heterocycles. The molecule has 7 nitrogen and oxygen atoms in total. The predicted octanol–water partition coefficient (Wildman–Crippen LogP) is 5.70. The predicted molar refractivity (Wildman–Crippen MR) is 148 cm³/mol. The third-order valence-electron chi connectivity index (χ3n) is 6.90. The van der Waals surface area contributed by atoms with Crippen molar-refractivity contribution in [2.45, 2.75) is 32.8 Å². The molecule has 0 spiro atoms. The van der Waals surface area contributed by atoms with Crippen molar-refractivity contribution in [1.82, 2.24) is 19.6 Å². The van der Waals surface area contributed by atoms with Gasteiger partial charge >= 0.3 is 6.36 Å². The molecular formula is C29H29ClF3N5O2. The molecule has 1 fully saturated rings. The second-order valence-electron chi connectivity index (χ2n) is 9.64. The van der Waals surface area contributed by atoms with Gasteiger partial charge in [-0.25, -0.2) is 4.98 Å². The highest BCUT2D eigenvalue weighted by Gasteiger charge is 2.31. The summed E-state index contributed by atoms with van der Waals surface area (Å²) in [4.78, 5) is 22.2. The Hall–Kier alpha value is -3.76. The second-order valence-corrected chi connectivity index (χ2v) is 10.1. The van der Waals surface area contributed by atoms with Gasteiger partial charge in [0.15, 0.2) is 0 Å². The Labute approximate surface area is 235 Å². The van der Waals surface area contributed by atoms with Gasteiger partial charge in [0.25, 0.3) is 5.91 Å². The van der Waals surface area contributed by atoms with Crippen LogP contribution in [0.2, 0.25) is 5.02 Å². The fourth-order valence-electron chi connectivity index (χ4n) is 4.87. The number of piperazine rings is 1. The minimum Gasteiger partial charge on any atom is -0.406 e. The van der Waals surface area contributed by atoms with Crippen molar-refractivity contribution in [1.29, 1.82) is 0 Å². The molecule has 5 rings (SSSR count). The van der Waals surface area contributed by atoms with Gasteiger partial charge in [0.2, 0.25) is 0 Å². The van der Waals surface area contributed by atoms with Gasteiger partial charge in [-0.05, 0) is 47.9 Å². The number of imidazole rings is 1. The molecule has 11 heteroatoms. The fraction of sp³-hybridized carbons (Fsp3) is 0.310. The fourth-order valence-corrected chi connectivity index (χ4v) is 5.02. The molecule has 4 aromatic rings. The molecule has 210 valence electrons. The van der Waals surface area contributed by atoms with Crippen LogP contribution in [-0.4, -0.2) is 52.7 Å². The maximum absolute atomic E-state index is 13.0. The number of pyridine rings is 1. The molecule has 2 aromatic carbocycles. The maximum Gasteiger partial charge on any atom is 0.573 e. The number of hydrogen-bond donors (Lipinski definition) is 1. The van der Waals surface area contributed by atoms with Gasteiger partial charge in [-0.1, -0.05) is 42.8 Å². The van der Waals surface area contributed by atoms with Crippen molar-refractivity contribution in [2.24, 2.45) is 0 Å². The van der Waals surface area contributed by atoms with Gasteiger partial charge in [0, 0.05) is 62.2 Å². The van der Waals surface area contributed by atoms with E-state index in [-0.39, 0.29) is 11.7 Å². The van der Waals surface area contributed by atoms with Crippen LogP contribution in [0.1, 0.15) is 34.2 Å². The number of aromatic nitrogens is 2.